The molecule has 24 heavy (non-hydrogen) atoms. The number of carbonyl (C=O) groups is 1. The Hall–Kier alpha value is -3.54. The molecule has 0 aliphatic carbocycles. The van der Waals surface area contributed by atoms with E-state index in [-0.39, 0.29) is 0 Å². The number of hydrogen-bond acceptors (Lipinski definition) is 8. The molecular weight excluding hydrogens is 352 g/mol. The van der Waals surface area contributed by atoms with Crippen LogP contribution in [0.25, 0.3) is 0 Å². The molecule has 0 fully saturated rings. The van der Waals surface area contributed by atoms with Crippen LogP contribution in [0.5, 0.6) is 0 Å². The molecular formula is C11H5ClN4O8. The molecule has 0 aliphatic rings. The van der Waals surface area contributed by atoms with Crippen molar-refractivity contribution in [2.75, 3.05) is 5.32 Å². The Kier molecular flexibility index (Phi) is 4.41. The first-order valence-electron chi connectivity index (χ1n) is 5.88. The van der Waals surface area contributed by atoms with Gasteiger partial charge in [-0.25, -0.2) is 0 Å². The highest BCUT2D eigenvalue weighted by Crippen LogP contribution is 2.36. The van der Waals surface area contributed by atoms with Crippen molar-refractivity contribution in [1.82, 2.24) is 0 Å². The van der Waals surface area contributed by atoms with Gasteiger partial charge in [-0.2, -0.15) is 0 Å². The van der Waals surface area contributed by atoms with Crippen molar-refractivity contribution >= 4 is 40.5 Å². The lowest BCUT2D eigenvalue weighted by molar-refractivity contribution is -0.402. The van der Waals surface area contributed by atoms with Crippen LogP contribution < -0.4 is 5.32 Å². The molecule has 1 N–H and O–H groups in total. The molecule has 1 amide bonds. The van der Waals surface area contributed by atoms with E-state index in [1.54, 1.807) is 0 Å². The minimum absolute atomic E-state index is 0.453. The minimum atomic E-state index is -1.05. The van der Waals surface area contributed by atoms with Crippen molar-refractivity contribution in [3.8, 4) is 0 Å². The molecule has 1 heterocycles. The highest BCUT2D eigenvalue weighted by Gasteiger charge is 2.26. The van der Waals surface area contributed by atoms with Crippen molar-refractivity contribution in [3.05, 3.63) is 65.4 Å². The van der Waals surface area contributed by atoms with Crippen molar-refractivity contribution in [2.24, 2.45) is 0 Å². The lowest BCUT2D eigenvalue weighted by Gasteiger charge is -2.06. The first kappa shape index (κ1) is 16.8. The van der Waals surface area contributed by atoms with Gasteiger partial charge in [0.05, 0.1) is 27.0 Å². The quantitative estimate of drug-likeness (QED) is 0.628. The molecule has 0 atom stereocenters. The molecule has 124 valence electrons. The van der Waals surface area contributed by atoms with Crippen LogP contribution in [0.4, 0.5) is 22.9 Å². The Bertz CT molecular complexity index is 877. The van der Waals surface area contributed by atoms with E-state index < -0.39 is 54.4 Å². The van der Waals surface area contributed by atoms with Crippen LogP contribution in [-0.4, -0.2) is 20.7 Å². The van der Waals surface area contributed by atoms with Crippen molar-refractivity contribution in [3.63, 3.8) is 0 Å². The third kappa shape index (κ3) is 3.27. The predicted molar refractivity (Wildman–Crippen MR) is 78.1 cm³/mol. The Morgan fingerprint density at radius 3 is 2.21 bits per heavy atom. The van der Waals surface area contributed by atoms with Crippen molar-refractivity contribution < 1.29 is 24.0 Å². The van der Waals surface area contributed by atoms with E-state index in [4.69, 9.17) is 11.6 Å². The number of furan rings is 1. The summed E-state index contributed by atoms with van der Waals surface area (Å²) in [5, 5.41) is 33.8. The molecule has 2 rings (SSSR count). The molecule has 13 heteroatoms. The lowest BCUT2D eigenvalue weighted by atomic mass is 10.2. The fourth-order valence-electron chi connectivity index (χ4n) is 1.67. The van der Waals surface area contributed by atoms with Gasteiger partial charge in [0.15, 0.2) is 5.76 Å². The van der Waals surface area contributed by atoms with E-state index in [1.807, 2.05) is 5.32 Å². The molecule has 1 aromatic heterocycles. The predicted octanol–water partition coefficient (Wildman–Crippen LogP) is 2.91. The molecule has 0 saturated carbocycles. The minimum Gasteiger partial charge on any atom is -0.395 e. The van der Waals surface area contributed by atoms with Gasteiger partial charge in [0.25, 0.3) is 11.6 Å². The first-order chi connectivity index (χ1) is 11.2. The molecule has 0 spiro atoms. The maximum Gasteiger partial charge on any atom is 0.433 e. The summed E-state index contributed by atoms with van der Waals surface area (Å²) < 4.78 is 4.65. The van der Waals surface area contributed by atoms with E-state index in [0.717, 1.165) is 18.2 Å². The van der Waals surface area contributed by atoms with Gasteiger partial charge in [-0.3, -0.25) is 35.1 Å². The van der Waals surface area contributed by atoms with Crippen molar-refractivity contribution in [2.45, 2.75) is 0 Å². The normalized spacial score (nSPS) is 10.2. The largest absolute Gasteiger partial charge is 0.433 e. The van der Waals surface area contributed by atoms with Gasteiger partial charge in [0, 0.05) is 6.07 Å². The zero-order valence-electron chi connectivity index (χ0n) is 11.3. The van der Waals surface area contributed by atoms with Gasteiger partial charge in [0.2, 0.25) is 0 Å². The van der Waals surface area contributed by atoms with Crippen LogP contribution in [0.15, 0.2) is 28.7 Å². The number of benzene rings is 1. The van der Waals surface area contributed by atoms with Gasteiger partial charge < -0.3 is 9.73 Å². The molecule has 1 aromatic carbocycles. The van der Waals surface area contributed by atoms with Crippen LogP contribution in [0.1, 0.15) is 10.6 Å². The highest BCUT2D eigenvalue weighted by atomic mass is 35.5. The Balaban J connectivity index is 2.40. The number of hydrogen-bond donors (Lipinski definition) is 1. The number of nitrogens with zero attached hydrogens (tertiary/aromatic N) is 3. The number of non-ortho nitro benzene ring substituents is 1. The van der Waals surface area contributed by atoms with Gasteiger partial charge in [-0.15, -0.1) is 0 Å². The zero-order chi connectivity index (χ0) is 18.0. The third-order valence-electron chi connectivity index (χ3n) is 2.70. The van der Waals surface area contributed by atoms with Crippen LogP contribution >= 0.6 is 11.6 Å². The lowest BCUT2D eigenvalue weighted by Crippen LogP contribution is -2.13. The molecule has 0 aliphatic heterocycles. The summed E-state index contributed by atoms with van der Waals surface area (Å²) in [5.74, 6) is -2.25. The van der Waals surface area contributed by atoms with Crippen LogP contribution in [-0.2, 0) is 0 Å². The summed E-state index contributed by atoms with van der Waals surface area (Å²) in [6.07, 6.45) is 0. The number of nitro benzene ring substituents is 2. The Morgan fingerprint density at radius 2 is 1.71 bits per heavy atom. The number of halogens is 1. The van der Waals surface area contributed by atoms with Gasteiger partial charge in [0.1, 0.15) is 10.6 Å². The molecule has 0 saturated heterocycles. The second-order valence-corrected chi connectivity index (χ2v) is 4.59. The van der Waals surface area contributed by atoms with Gasteiger partial charge >= 0.3 is 11.6 Å². The van der Waals surface area contributed by atoms with E-state index in [9.17, 15) is 35.1 Å². The first-order valence-corrected chi connectivity index (χ1v) is 6.26. The standard InChI is InChI=1S/C11H5ClN4O8/c12-6-3-5(14(18)19)4-7(15(20)21)10(6)13-11(17)8-1-2-9(24-8)16(22)23/h1-4H,(H,13,17). The SMILES string of the molecule is O=C(Nc1c(Cl)cc([N+](=O)[O-])cc1[N+](=O)[O-])c1ccc([N+](=O)[O-])o1. The molecule has 0 bridgehead atoms. The molecule has 0 radical (unpaired) electrons. The zero-order valence-corrected chi connectivity index (χ0v) is 12.1. The number of anilines is 1. The smallest absolute Gasteiger partial charge is 0.395 e. The second-order valence-electron chi connectivity index (χ2n) is 4.19. The molecule has 0 unspecified atom stereocenters. The Morgan fingerprint density at radius 1 is 1.04 bits per heavy atom. The van der Waals surface area contributed by atoms with Crippen LogP contribution in [0, 0.1) is 30.3 Å². The van der Waals surface area contributed by atoms with Gasteiger partial charge in [-0.05, 0) is 6.07 Å². The number of nitrogens with one attached hydrogen (secondary N) is 1. The number of carbonyl (C=O) groups excluding carboxylic acids is 1. The summed E-state index contributed by atoms with van der Waals surface area (Å²) >= 11 is 5.75. The summed E-state index contributed by atoms with van der Waals surface area (Å²) in [5.41, 5.74) is -1.96. The van der Waals surface area contributed by atoms with Gasteiger partial charge in [-0.1, -0.05) is 11.6 Å². The topological polar surface area (TPSA) is 172 Å². The van der Waals surface area contributed by atoms with E-state index >= 15 is 0 Å². The van der Waals surface area contributed by atoms with Crippen molar-refractivity contribution in [1.29, 1.82) is 0 Å². The van der Waals surface area contributed by atoms with Crippen LogP contribution in [0.3, 0.4) is 0 Å². The Labute approximate surface area is 136 Å². The second kappa shape index (κ2) is 6.29. The number of amides is 1. The van der Waals surface area contributed by atoms with Crippen LogP contribution in [0.2, 0.25) is 5.02 Å². The molecule has 12 nitrogen and oxygen atoms in total. The highest BCUT2D eigenvalue weighted by molar-refractivity contribution is 6.34. The number of rotatable bonds is 5. The average Bonchev–Trinajstić information content (AvgIpc) is 2.98. The molecule has 2 aromatic rings. The van der Waals surface area contributed by atoms with E-state index in [1.165, 1.54) is 0 Å². The fourth-order valence-corrected chi connectivity index (χ4v) is 1.93. The van der Waals surface area contributed by atoms with E-state index in [2.05, 4.69) is 4.42 Å². The summed E-state index contributed by atoms with van der Waals surface area (Å²) in [6.45, 7) is 0. The summed E-state index contributed by atoms with van der Waals surface area (Å²) in [4.78, 5) is 41.4. The summed E-state index contributed by atoms with van der Waals surface area (Å²) in [7, 11) is 0. The maximum absolute atomic E-state index is 12.0. The third-order valence-corrected chi connectivity index (χ3v) is 2.99. The average molecular weight is 357 g/mol. The maximum atomic E-state index is 12.0. The fraction of sp³-hybridized carbons (Fsp3) is 0. The summed E-state index contributed by atoms with van der Waals surface area (Å²) in [6, 6.07) is 3.33. The number of nitro groups is 3. The monoisotopic (exact) mass is 356 g/mol. The van der Waals surface area contributed by atoms with E-state index in [0.29, 0.717) is 6.07 Å².